The fraction of sp³-hybridized carbons (Fsp3) is 0.522. The van der Waals surface area contributed by atoms with Gasteiger partial charge >= 0.3 is 158 Å². The van der Waals surface area contributed by atoms with E-state index in [9.17, 15) is 9.18 Å². The molecule has 0 saturated carbocycles. The Hall–Kier alpha value is -1.27. The van der Waals surface area contributed by atoms with Crippen LogP contribution in [0.3, 0.4) is 0 Å². The van der Waals surface area contributed by atoms with Crippen molar-refractivity contribution in [3.05, 3.63) is 57.9 Å². The predicted octanol–water partition coefficient (Wildman–Crippen LogP) is 3.72. The molecule has 0 aliphatic heterocycles. The fourth-order valence-electron chi connectivity index (χ4n) is 4.71. The Morgan fingerprint density at radius 3 is 2.31 bits per heavy atom. The van der Waals surface area contributed by atoms with Gasteiger partial charge in [-0.1, -0.05) is 0 Å². The Bertz CT molecular complexity index is 755. The van der Waals surface area contributed by atoms with E-state index in [1.54, 1.807) is 22.3 Å². The summed E-state index contributed by atoms with van der Waals surface area (Å²) >= 11 is -0.843. The van der Waals surface area contributed by atoms with Gasteiger partial charge in [0.1, 0.15) is 0 Å². The van der Waals surface area contributed by atoms with Crippen LogP contribution in [-0.2, 0) is 22.9 Å². The van der Waals surface area contributed by atoms with Crippen molar-refractivity contribution in [2.24, 2.45) is 5.92 Å². The molecule has 2 unspecified atom stereocenters. The van der Waals surface area contributed by atoms with Gasteiger partial charge in [-0.25, -0.2) is 0 Å². The normalized spacial score (nSPS) is 22.3. The van der Waals surface area contributed by atoms with E-state index in [1.165, 1.54) is 62.8 Å². The zero-order valence-corrected chi connectivity index (χ0v) is 19.0. The first-order valence-corrected chi connectivity index (χ1v) is 11.7. The summed E-state index contributed by atoms with van der Waals surface area (Å²) < 4.78 is 19.2. The van der Waals surface area contributed by atoms with Crippen LogP contribution < -0.4 is 10.2 Å². The van der Waals surface area contributed by atoms with Crippen LogP contribution in [0.2, 0.25) is 4.22 Å². The van der Waals surface area contributed by atoms with Gasteiger partial charge in [0.25, 0.3) is 0 Å². The second kappa shape index (κ2) is 11.8. The van der Waals surface area contributed by atoms with Crippen LogP contribution in [0.15, 0.2) is 46.6 Å². The quantitative estimate of drug-likeness (QED) is 0.678. The maximum atomic E-state index is 13.0. The Balaban J connectivity index is 0.000000707. The van der Waals surface area contributed by atoms with Gasteiger partial charge in [0, 0.05) is 0 Å². The topological polar surface area (TPSA) is 72.4 Å². The van der Waals surface area contributed by atoms with Crippen LogP contribution in [0.25, 0.3) is 0 Å². The first-order chi connectivity index (χ1) is 14.1. The Labute approximate surface area is 182 Å². The van der Waals surface area contributed by atoms with E-state index < -0.39 is 19.5 Å². The number of carbonyl (C=O) groups is 1. The van der Waals surface area contributed by atoms with Crippen LogP contribution >= 0.6 is 0 Å². The van der Waals surface area contributed by atoms with Gasteiger partial charge in [-0.05, 0) is 0 Å². The van der Waals surface area contributed by atoms with Crippen molar-refractivity contribution in [2.75, 3.05) is 14.2 Å². The van der Waals surface area contributed by atoms with Gasteiger partial charge in [0.05, 0.1) is 0 Å². The zero-order chi connectivity index (χ0) is 21.4. The number of benzene rings is 1. The monoisotopic (exact) mass is 436 g/mol. The third-order valence-electron chi connectivity index (χ3n) is 5.88. The molecule has 1 aromatic rings. The molecule has 0 fully saturated rings. The summed E-state index contributed by atoms with van der Waals surface area (Å²) in [5, 5.41) is 16.5. The molecule has 156 valence electrons. The molecule has 3 aliphatic carbocycles. The Kier molecular flexibility index (Phi) is 9.77. The number of allylic oxidation sites excluding steroid dienone is 4. The molecule has 0 saturated heterocycles. The van der Waals surface area contributed by atoms with Crippen molar-refractivity contribution in [2.45, 2.75) is 56.1 Å². The molecule has 0 bridgehead atoms. The predicted molar refractivity (Wildman–Crippen MR) is 103 cm³/mol. The maximum Gasteiger partial charge on any atom is -0.153 e. The van der Waals surface area contributed by atoms with Gasteiger partial charge in [0.2, 0.25) is 0 Å². The molecule has 0 amide bonds. The summed E-state index contributed by atoms with van der Waals surface area (Å²) in [4.78, 5) is 12.3. The summed E-state index contributed by atoms with van der Waals surface area (Å²) in [6.07, 6.45) is 8.73. The van der Waals surface area contributed by atoms with Crippen molar-refractivity contribution < 1.29 is 42.3 Å². The smallest absolute Gasteiger partial charge is 0.153 e. The molecule has 0 N–H and O–H groups in total. The molecule has 0 aromatic heterocycles. The van der Waals surface area contributed by atoms with Crippen molar-refractivity contribution in [3.8, 4) is 0 Å². The third-order valence-corrected chi connectivity index (χ3v) is 7.74. The summed E-state index contributed by atoms with van der Waals surface area (Å²) in [6.45, 7) is 2.36. The second-order valence-corrected chi connectivity index (χ2v) is 9.10. The Morgan fingerprint density at radius 2 is 1.62 bits per heavy atom. The molecule has 0 radical (unpaired) electrons. The van der Waals surface area contributed by atoms with Crippen LogP contribution in [0, 0.1) is 11.7 Å². The molecule has 4 rings (SSSR count). The van der Waals surface area contributed by atoms with Crippen LogP contribution in [-0.4, -0.2) is 20.2 Å². The number of fused-ring (bicyclic) bond motifs is 1. The molecule has 4 nitrogen and oxygen atoms in total. The average Bonchev–Trinajstić information content (AvgIpc) is 3.08. The van der Waals surface area contributed by atoms with Crippen LogP contribution in [0.5, 0.6) is 0 Å². The number of carbonyl (C=O) groups excluding carboxylic acids is 1. The molecule has 3 aliphatic rings. The first kappa shape index (κ1) is 24.0. The number of hydrogen-bond acceptors (Lipinski definition) is 4. The summed E-state index contributed by atoms with van der Waals surface area (Å²) in [7, 11) is 1.50. The van der Waals surface area contributed by atoms with E-state index >= 15 is 0 Å². The van der Waals surface area contributed by atoms with E-state index in [1.807, 2.05) is 0 Å². The minimum Gasteiger partial charge on any atom is -0.857 e. The zero-order valence-electron chi connectivity index (χ0n) is 17.4. The second-order valence-electron chi connectivity index (χ2n) is 7.33. The molecule has 0 heterocycles. The SMILES string of the molecule is CC1C2=C(CCCC2)C2=C1[CH]([Ti+2][O]C(=O)c1ccc(F)cc1)CCC2.C[O-].C[O-]. The van der Waals surface area contributed by atoms with Gasteiger partial charge in [-0.2, -0.15) is 14.2 Å². The molecule has 6 heteroatoms. The summed E-state index contributed by atoms with van der Waals surface area (Å²) in [5.41, 5.74) is 7.02. The van der Waals surface area contributed by atoms with Gasteiger partial charge < -0.3 is 10.2 Å². The number of rotatable bonds is 3. The van der Waals surface area contributed by atoms with Crippen molar-refractivity contribution in [3.63, 3.8) is 0 Å². The largest absolute Gasteiger partial charge is 0.857 e. The first-order valence-electron chi connectivity index (χ1n) is 10.1. The number of halogens is 1. The fourth-order valence-corrected chi connectivity index (χ4v) is 6.65. The Morgan fingerprint density at radius 1 is 1.00 bits per heavy atom. The van der Waals surface area contributed by atoms with E-state index in [0.717, 1.165) is 20.6 Å². The molecule has 2 atom stereocenters. The summed E-state index contributed by atoms with van der Waals surface area (Å²) in [5.74, 6) is -0.0638. The summed E-state index contributed by atoms with van der Waals surface area (Å²) in [6, 6.07) is 5.64. The van der Waals surface area contributed by atoms with Gasteiger partial charge in [-0.15, -0.1) is 0 Å². The maximum absolute atomic E-state index is 13.0. The molecule has 1 aromatic carbocycles. The van der Waals surface area contributed by atoms with E-state index in [-0.39, 0.29) is 11.8 Å². The number of hydrogen-bond donors (Lipinski definition) is 0. The molecular formula is C23H29FO4Ti. The van der Waals surface area contributed by atoms with E-state index in [4.69, 9.17) is 13.5 Å². The van der Waals surface area contributed by atoms with Crippen molar-refractivity contribution in [1.82, 2.24) is 0 Å². The average molecular weight is 436 g/mol. The van der Waals surface area contributed by atoms with Crippen molar-refractivity contribution >= 4 is 5.97 Å². The van der Waals surface area contributed by atoms with Crippen LogP contribution in [0.4, 0.5) is 4.39 Å². The van der Waals surface area contributed by atoms with E-state index in [2.05, 4.69) is 6.92 Å². The minimum absolute atomic E-state index is 0.295. The van der Waals surface area contributed by atoms with E-state index in [0.29, 0.717) is 15.7 Å². The van der Waals surface area contributed by atoms with Gasteiger partial charge in [0.15, 0.2) is 0 Å². The van der Waals surface area contributed by atoms with Crippen LogP contribution in [0.1, 0.15) is 62.2 Å². The standard InChI is InChI=1S/C14H19.C7H5FO2.2CH3O.Ti/c1-10-11-6-2-4-8-13(11)14-9-5-3-7-12(10)14;8-6-3-1-5(2-4-6)7(9)10;2*1-2;/h6,10H,2-5,7-9H2,1H3;1-4H,(H,9,10);2*1H3;/q;;2*-1;+3/p-1. The molecule has 29 heavy (non-hydrogen) atoms. The molecule has 0 spiro atoms. The van der Waals surface area contributed by atoms with Gasteiger partial charge in [-0.3, -0.25) is 0 Å². The third kappa shape index (κ3) is 5.46. The molecular weight excluding hydrogens is 407 g/mol. The minimum atomic E-state index is -0.843. The van der Waals surface area contributed by atoms with Crippen molar-refractivity contribution in [1.29, 1.82) is 0 Å².